The van der Waals surface area contributed by atoms with E-state index in [2.05, 4.69) is 40.9 Å². The molecule has 0 amide bonds. The Hall–Kier alpha value is -8.63. The third-order valence-electron chi connectivity index (χ3n) is 11.9. The summed E-state index contributed by atoms with van der Waals surface area (Å²) in [7, 11) is -24.6. The van der Waals surface area contributed by atoms with E-state index in [1.807, 2.05) is 0 Å². The second-order valence-corrected chi connectivity index (χ2v) is 24.1. The number of azo groups is 3. The predicted molar refractivity (Wildman–Crippen MR) is 278 cm³/mol. The van der Waals surface area contributed by atoms with E-state index in [0.717, 1.165) is 35.1 Å². The molecule has 0 bridgehead atoms. The number of hydrogen-bond donors (Lipinski definition) is 7. The van der Waals surface area contributed by atoms with Crippen LogP contribution in [-0.4, -0.2) is 90.1 Å². The molecule has 0 fully saturated rings. The standard InChI is InChI=1S/C47H31N9O17S5/c1-23-14-26(4-10-38(23)50-49-27-3-2-24-16-30(75(62,63)64)21-42(57)35(24)18-27)48-51-39-12-13-40(36-19-29(74(59,60)61)6-8-33(36)39)52-53-46-44(78(71,72)73)17-25-15-28(5-7-32(25)47(46)58)56-54-41-11-9-34-37(45(41)55-56)20-31(76(65,66)67)22-43(34)77(68,69)70/h2-22,57-58H,1H3,(H,59,60,61)(H,62,63,64)(H,65,66,67)(H,68,69,70)(H,71,72,73). The lowest BCUT2D eigenvalue weighted by Gasteiger charge is -2.10. The lowest BCUT2D eigenvalue weighted by molar-refractivity contribution is 0.470. The molecule has 26 nitrogen and oxygen atoms in total. The van der Waals surface area contributed by atoms with Gasteiger partial charge >= 0.3 is 0 Å². The predicted octanol–water partition coefficient (Wildman–Crippen LogP) is 10.2. The van der Waals surface area contributed by atoms with Crippen LogP contribution in [0.2, 0.25) is 0 Å². The summed E-state index contributed by atoms with van der Waals surface area (Å²) in [6, 6.07) is 26.4. The number of phenols is 2. The number of benzene rings is 9. The fraction of sp³-hybridized carbons (Fsp3) is 0.0213. The van der Waals surface area contributed by atoms with E-state index in [0.29, 0.717) is 34.1 Å². The van der Waals surface area contributed by atoms with Gasteiger partial charge in [-0.1, -0.05) is 18.2 Å². The number of aryl methyl sites for hydroxylation is 1. The van der Waals surface area contributed by atoms with Gasteiger partial charge in [-0.05, 0) is 126 Å². The molecule has 396 valence electrons. The summed E-state index contributed by atoms with van der Waals surface area (Å²) in [5.74, 6) is -1.21. The summed E-state index contributed by atoms with van der Waals surface area (Å²) in [5, 5.41) is 56.2. The number of aromatic hydroxyl groups is 2. The maximum Gasteiger partial charge on any atom is 0.296 e. The first-order chi connectivity index (χ1) is 36.5. The van der Waals surface area contributed by atoms with E-state index in [1.165, 1.54) is 72.8 Å². The van der Waals surface area contributed by atoms with Gasteiger partial charge in [0.15, 0.2) is 5.75 Å². The third kappa shape index (κ3) is 10.2. The Morgan fingerprint density at radius 1 is 0.410 bits per heavy atom. The molecule has 0 unspecified atom stereocenters. The Bertz CT molecular complexity index is 5000. The first-order valence-corrected chi connectivity index (χ1v) is 28.9. The van der Waals surface area contributed by atoms with Gasteiger partial charge < -0.3 is 10.2 Å². The van der Waals surface area contributed by atoms with Crippen molar-refractivity contribution < 1.29 is 75.1 Å². The summed E-state index contributed by atoms with van der Waals surface area (Å²) >= 11 is 0. The van der Waals surface area contributed by atoms with Gasteiger partial charge in [0.1, 0.15) is 32.3 Å². The molecule has 0 radical (unpaired) electrons. The Morgan fingerprint density at radius 3 is 1.65 bits per heavy atom. The average Bonchev–Trinajstić information content (AvgIpc) is 3.94. The van der Waals surface area contributed by atoms with Gasteiger partial charge in [-0.3, -0.25) is 22.8 Å². The minimum Gasteiger partial charge on any atom is -0.507 e. The lowest BCUT2D eigenvalue weighted by atomic mass is 10.1. The highest BCUT2D eigenvalue weighted by Gasteiger charge is 2.26. The monoisotopic (exact) mass is 1150 g/mol. The normalized spacial score (nSPS) is 13.2. The maximum atomic E-state index is 12.9. The van der Waals surface area contributed by atoms with Crippen LogP contribution < -0.4 is 0 Å². The fourth-order valence-electron chi connectivity index (χ4n) is 8.27. The molecule has 0 spiro atoms. The molecular formula is C47H31N9O17S5. The zero-order chi connectivity index (χ0) is 56.0. The fourth-order valence-corrected chi connectivity index (χ4v) is 11.3. The average molecular weight is 1150 g/mol. The van der Waals surface area contributed by atoms with Crippen molar-refractivity contribution in [1.82, 2.24) is 15.0 Å². The number of fused-ring (bicyclic) bond motifs is 6. The minimum absolute atomic E-state index is 0.00761. The molecule has 0 aliphatic carbocycles. The topological polar surface area (TPSA) is 417 Å². The summed E-state index contributed by atoms with van der Waals surface area (Å²) < 4.78 is 171. The number of nitrogens with zero attached hydrogens (tertiary/aromatic N) is 9. The second-order valence-electron chi connectivity index (χ2n) is 17.0. The van der Waals surface area contributed by atoms with Crippen molar-refractivity contribution in [3.05, 3.63) is 133 Å². The second kappa shape index (κ2) is 18.8. The molecule has 31 heteroatoms. The Balaban J connectivity index is 0.973. The van der Waals surface area contributed by atoms with Crippen molar-refractivity contribution in [2.75, 3.05) is 0 Å². The lowest BCUT2D eigenvalue weighted by Crippen LogP contribution is -2.04. The zero-order valence-electron chi connectivity index (χ0n) is 38.9. The smallest absolute Gasteiger partial charge is 0.296 e. The van der Waals surface area contributed by atoms with Crippen molar-refractivity contribution in [2.24, 2.45) is 30.7 Å². The third-order valence-corrected chi connectivity index (χ3v) is 16.2. The van der Waals surface area contributed by atoms with E-state index in [1.54, 1.807) is 25.1 Å². The van der Waals surface area contributed by atoms with E-state index >= 15 is 0 Å². The summed E-state index contributed by atoms with van der Waals surface area (Å²) in [6.45, 7) is 1.72. The Labute approximate surface area is 438 Å². The van der Waals surface area contributed by atoms with Crippen molar-refractivity contribution in [2.45, 2.75) is 31.4 Å². The van der Waals surface area contributed by atoms with Gasteiger partial charge in [-0.2, -0.15) is 62.2 Å². The molecule has 0 atom stereocenters. The molecule has 1 aromatic heterocycles. The van der Waals surface area contributed by atoms with Crippen LogP contribution in [0.1, 0.15) is 5.56 Å². The van der Waals surface area contributed by atoms with Crippen LogP contribution in [0, 0.1) is 6.92 Å². The molecule has 10 aromatic rings. The van der Waals surface area contributed by atoms with Crippen molar-refractivity contribution in [3.63, 3.8) is 0 Å². The van der Waals surface area contributed by atoms with Crippen LogP contribution in [0.4, 0.5) is 34.1 Å². The van der Waals surface area contributed by atoms with Gasteiger partial charge in [0.25, 0.3) is 50.6 Å². The van der Waals surface area contributed by atoms with Crippen LogP contribution in [-0.2, 0) is 50.6 Å². The van der Waals surface area contributed by atoms with Gasteiger partial charge in [0.2, 0.25) is 0 Å². The summed E-state index contributed by atoms with van der Waals surface area (Å²) in [5.41, 5.74) is 0.955. The highest BCUT2D eigenvalue weighted by molar-refractivity contribution is 7.87. The minimum atomic E-state index is -5.22. The molecule has 0 aliphatic heterocycles. The van der Waals surface area contributed by atoms with Gasteiger partial charge in [0, 0.05) is 38.4 Å². The molecule has 9 aromatic carbocycles. The van der Waals surface area contributed by atoms with Crippen molar-refractivity contribution >= 4 is 139 Å². The maximum absolute atomic E-state index is 12.9. The Morgan fingerprint density at radius 2 is 0.987 bits per heavy atom. The molecule has 7 N–H and O–H groups in total. The summed E-state index contributed by atoms with van der Waals surface area (Å²) in [6.07, 6.45) is 0. The number of rotatable bonds is 12. The van der Waals surface area contributed by atoms with E-state index in [9.17, 15) is 75.1 Å². The zero-order valence-corrected chi connectivity index (χ0v) is 43.0. The quantitative estimate of drug-likeness (QED) is 0.0441. The number of aromatic nitrogens is 3. The van der Waals surface area contributed by atoms with Gasteiger partial charge in [-0.25, -0.2) is 0 Å². The number of phenolic OH excluding ortho intramolecular Hbond substituents is 2. The molecule has 78 heavy (non-hydrogen) atoms. The largest absolute Gasteiger partial charge is 0.507 e. The van der Waals surface area contributed by atoms with Crippen LogP contribution in [0.15, 0.2) is 183 Å². The van der Waals surface area contributed by atoms with Crippen molar-refractivity contribution in [3.8, 4) is 17.2 Å². The molecular weight excluding hydrogens is 1120 g/mol. The first kappa shape index (κ1) is 52.8. The molecule has 10 rings (SSSR count). The van der Waals surface area contributed by atoms with Crippen LogP contribution >= 0.6 is 0 Å². The van der Waals surface area contributed by atoms with E-state index in [-0.39, 0.29) is 65.8 Å². The highest BCUT2D eigenvalue weighted by Crippen LogP contribution is 2.44. The SMILES string of the molecule is Cc1cc(N=Nc2ccc(N=Nc3c(S(=O)(=O)O)cc4cc(-n5nc6ccc7c(S(=O)(=O)O)cc(S(=O)(=O)O)cc7c6n5)ccc4c3O)c3cc(S(=O)(=O)O)ccc23)ccc1N=Nc1ccc2cc(S(=O)(=O)O)cc(O)c2c1. The first-order valence-electron chi connectivity index (χ1n) is 21.7. The van der Waals surface area contributed by atoms with Crippen molar-refractivity contribution in [1.29, 1.82) is 0 Å². The molecule has 0 aliphatic rings. The highest BCUT2D eigenvalue weighted by atomic mass is 32.2. The van der Waals surface area contributed by atoms with E-state index < -0.39 is 92.3 Å². The van der Waals surface area contributed by atoms with E-state index in [4.69, 9.17) is 0 Å². The summed E-state index contributed by atoms with van der Waals surface area (Å²) in [4.78, 5) is -2.73. The number of hydrogen-bond acceptors (Lipinski definition) is 20. The molecule has 1 heterocycles. The van der Waals surface area contributed by atoms with Gasteiger partial charge in [0.05, 0.1) is 48.8 Å². The van der Waals surface area contributed by atoms with Crippen LogP contribution in [0.5, 0.6) is 11.5 Å². The Kier molecular flexibility index (Phi) is 12.7. The van der Waals surface area contributed by atoms with Crippen LogP contribution in [0.3, 0.4) is 0 Å². The molecule has 0 saturated carbocycles. The van der Waals surface area contributed by atoms with Gasteiger partial charge in [-0.15, -0.1) is 25.5 Å². The molecule has 0 saturated heterocycles. The van der Waals surface area contributed by atoms with Crippen LogP contribution in [0.25, 0.3) is 59.8 Å².